The summed E-state index contributed by atoms with van der Waals surface area (Å²) >= 11 is 0. The van der Waals surface area contributed by atoms with E-state index in [0.29, 0.717) is 17.2 Å². The topological polar surface area (TPSA) is 38.1 Å². The van der Waals surface area contributed by atoms with Gasteiger partial charge in [-0.1, -0.05) is 12.2 Å². The second-order valence-corrected chi connectivity index (χ2v) is 6.79. The Morgan fingerprint density at radius 1 is 1.35 bits per heavy atom. The maximum absolute atomic E-state index is 10.4. The highest BCUT2D eigenvalue weighted by atomic mass is 16.3. The van der Waals surface area contributed by atoms with Crippen molar-refractivity contribution in [3.63, 3.8) is 0 Å². The number of aromatic hydroxyl groups is 1. The van der Waals surface area contributed by atoms with E-state index in [2.05, 4.69) is 17.1 Å². The lowest BCUT2D eigenvalue weighted by Crippen LogP contribution is -2.17. The number of hydrogen-bond donors (Lipinski definition) is 1. The van der Waals surface area contributed by atoms with Crippen molar-refractivity contribution in [3.05, 3.63) is 36.7 Å². The summed E-state index contributed by atoms with van der Waals surface area (Å²) in [6.07, 6.45) is 12.8. The molecular weight excluding hydrogens is 248 g/mol. The minimum absolute atomic E-state index is 0.379. The molecule has 3 atom stereocenters. The van der Waals surface area contributed by atoms with E-state index in [1.807, 2.05) is 22.9 Å². The van der Waals surface area contributed by atoms with Gasteiger partial charge in [0, 0.05) is 18.9 Å². The molecule has 0 aliphatic heterocycles. The Bertz CT molecular complexity index is 726. The molecule has 2 aromatic heterocycles. The minimum atomic E-state index is 0.379. The molecule has 5 rings (SSSR count). The van der Waals surface area contributed by atoms with Gasteiger partial charge in [0.2, 0.25) is 5.88 Å². The Morgan fingerprint density at radius 3 is 3.00 bits per heavy atom. The van der Waals surface area contributed by atoms with Crippen molar-refractivity contribution in [2.45, 2.75) is 25.8 Å². The Labute approximate surface area is 117 Å². The number of nitrogens with zero attached hydrogens (tertiary/aromatic N) is 2. The highest BCUT2D eigenvalue weighted by Crippen LogP contribution is 2.70. The zero-order valence-electron chi connectivity index (χ0n) is 11.4. The van der Waals surface area contributed by atoms with Crippen molar-refractivity contribution in [3.8, 4) is 5.88 Å². The lowest BCUT2D eigenvalue weighted by atomic mass is 9.89. The summed E-state index contributed by atoms with van der Waals surface area (Å²) < 4.78 is 2.01. The van der Waals surface area contributed by atoms with Crippen LogP contribution >= 0.6 is 0 Å². The third-order valence-electron chi connectivity index (χ3n) is 5.91. The number of hydrogen-bond acceptors (Lipinski definition) is 2. The van der Waals surface area contributed by atoms with E-state index in [1.165, 1.54) is 19.3 Å². The van der Waals surface area contributed by atoms with Crippen molar-refractivity contribution >= 4 is 10.9 Å². The molecule has 2 bridgehead atoms. The summed E-state index contributed by atoms with van der Waals surface area (Å²) in [5.74, 6) is 2.61. The number of fused-ring (bicyclic) bond motifs is 1. The molecule has 0 saturated heterocycles. The molecule has 20 heavy (non-hydrogen) atoms. The first kappa shape index (κ1) is 11.0. The van der Waals surface area contributed by atoms with E-state index in [4.69, 9.17) is 0 Å². The summed E-state index contributed by atoms with van der Waals surface area (Å²) in [6.45, 7) is 0.926. The quantitative estimate of drug-likeness (QED) is 0.847. The van der Waals surface area contributed by atoms with Crippen molar-refractivity contribution in [2.24, 2.45) is 23.2 Å². The standard InChI is InChI=1S/C17H18N2O/c20-16-13-2-1-7-18-15(13)10-19(16)9-11-8-12-3-4-14(11)17(12)5-6-17/h1-4,7,10-12,14,20H,5-6,8-9H2/t11-,12-,14-/m1/s1. The van der Waals surface area contributed by atoms with Gasteiger partial charge in [0.05, 0.1) is 10.9 Å². The van der Waals surface area contributed by atoms with E-state index in [0.717, 1.165) is 29.3 Å². The Balaban J connectivity index is 1.49. The average molecular weight is 266 g/mol. The van der Waals surface area contributed by atoms with Gasteiger partial charge in [0.1, 0.15) is 0 Å². The van der Waals surface area contributed by atoms with Crippen LogP contribution in [0.25, 0.3) is 10.9 Å². The largest absolute Gasteiger partial charge is 0.494 e. The third-order valence-corrected chi connectivity index (χ3v) is 5.91. The zero-order chi connectivity index (χ0) is 13.3. The van der Waals surface area contributed by atoms with Gasteiger partial charge in [-0.25, -0.2) is 0 Å². The zero-order valence-corrected chi connectivity index (χ0v) is 11.4. The summed E-state index contributed by atoms with van der Waals surface area (Å²) in [4.78, 5) is 4.33. The van der Waals surface area contributed by atoms with Gasteiger partial charge in [-0.3, -0.25) is 4.98 Å². The van der Waals surface area contributed by atoms with Crippen LogP contribution in [0.3, 0.4) is 0 Å². The van der Waals surface area contributed by atoms with Crippen LogP contribution in [0.4, 0.5) is 0 Å². The molecule has 1 spiro atoms. The molecule has 2 aromatic rings. The summed E-state index contributed by atoms with van der Waals surface area (Å²) in [5, 5.41) is 11.2. The smallest absolute Gasteiger partial charge is 0.200 e. The average Bonchev–Trinajstić information content (AvgIpc) is 3.03. The molecule has 3 heteroatoms. The van der Waals surface area contributed by atoms with Crippen LogP contribution in [-0.2, 0) is 6.54 Å². The Hall–Kier alpha value is -1.77. The van der Waals surface area contributed by atoms with Crippen LogP contribution in [0.5, 0.6) is 5.88 Å². The summed E-state index contributed by atoms with van der Waals surface area (Å²) in [7, 11) is 0. The fraction of sp³-hybridized carbons (Fsp3) is 0.471. The Kier molecular flexibility index (Phi) is 1.89. The van der Waals surface area contributed by atoms with Crippen molar-refractivity contribution in [1.82, 2.24) is 9.55 Å². The molecule has 0 radical (unpaired) electrons. The van der Waals surface area contributed by atoms with Crippen LogP contribution in [0, 0.1) is 23.2 Å². The number of aromatic nitrogens is 2. The van der Waals surface area contributed by atoms with Crippen LogP contribution in [0.15, 0.2) is 36.7 Å². The lowest BCUT2D eigenvalue weighted by molar-refractivity contribution is 0.315. The first-order valence-corrected chi connectivity index (χ1v) is 7.59. The van der Waals surface area contributed by atoms with Crippen molar-refractivity contribution < 1.29 is 5.11 Å². The van der Waals surface area contributed by atoms with Crippen LogP contribution in [-0.4, -0.2) is 14.7 Å². The number of pyridine rings is 1. The monoisotopic (exact) mass is 266 g/mol. The Morgan fingerprint density at radius 2 is 2.25 bits per heavy atom. The molecule has 0 aromatic carbocycles. The first-order chi connectivity index (χ1) is 9.78. The van der Waals surface area contributed by atoms with Gasteiger partial charge in [-0.15, -0.1) is 0 Å². The van der Waals surface area contributed by atoms with E-state index in [-0.39, 0.29) is 0 Å². The van der Waals surface area contributed by atoms with Gasteiger partial charge < -0.3 is 9.67 Å². The van der Waals surface area contributed by atoms with Crippen LogP contribution in [0.1, 0.15) is 19.3 Å². The van der Waals surface area contributed by atoms with Crippen LogP contribution in [0.2, 0.25) is 0 Å². The van der Waals surface area contributed by atoms with Crippen molar-refractivity contribution in [2.75, 3.05) is 0 Å². The predicted molar refractivity (Wildman–Crippen MR) is 77.3 cm³/mol. The predicted octanol–water partition coefficient (Wildman–Crippen LogP) is 3.34. The molecule has 1 N–H and O–H groups in total. The molecular formula is C17H18N2O. The molecule has 2 fully saturated rings. The summed E-state index contributed by atoms with van der Waals surface area (Å²) in [6, 6.07) is 3.82. The van der Waals surface area contributed by atoms with Gasteiger partial charge >= 0.3 is 0 Å². The summed E-state index contributed by atoms with van der Waals surface area (Å²) in [5.41, 5.74) is 1.52. The second kappa shape index (κ2) is 3.46. The first-order valence-electron chi connectivity index (χ1n) is 7.59. The van der Waals surface area contributed by atoms with Gasteiger partial charge in [-0.2, -0.15) is 0 Å². The molecule has 2 saturated carbocycles. The highest BCUT2D eigenvalue weighted by Gasteiger charge is 2.62. The second-order valence-electron chi connectivity index (χ2n) is 6.79. The highest BCUT2D eigenvalue weighted by molar-refractivity contribution is 5.84. The molecule has 2 heterocycles. The SMILES string of the molecule is Oc1c2cccnc2cn1C[C@H]1C[C@H]2C=C[C@H]1C21CC1. The fourth-order valence-corrected chi connectivity index (χ4v) is 4.80. The molecule has 0 amide bonds. The molecule has 0 unspecified atom stereocenters. The lowest BCUT2D eigenvalue weighted by Gasteiger charge is -2.20. The maximum Gasteiger partial charge on any atom is 0.200 e. The number of allylic oxidation sites excluding steroid dienone is 2. The molecule has 3 nitrogen and oxygen atoms in total. The fourth-order valence-electron chi connectivity index (χ4n) is 4.80. The van der Waals surface area contributed by atoms with E-state index < -0.39 is 0 Å². The van der Waals surface area contributed by atoms with E-state index in [9.17, 15) is 5.11 Å². The van der Waals surface area contributed by atoms with E-state index in [1.54, 1.807) is 6.20 Å². The molecule has 3 aliphatic carbocycles. The van der Waals surface area contributed by atoms with Crippen molar-refractivity contribution in [1.29, 1.82) is 0 Å². The van der Waals surface area contributed by atoms with Crippen LogP contribution < -0.4 is 0 Å². The van der Waals surface area contributed by atoms with Gasteiger partial charge in [-0.05, 0) is 54.6 Å². The normalized spacial score (nSPS) is 32.5. The molecule has 102 valence electrons. The maximum atomic E-state index is 10.4. The number of rotatable bonds is 2. The third kappa shape index (κ3) is 1.23. The van der Waals surface area contributed by atoms with E-state index >= 15 is 0 Å². The van der Waals surface area contributed by atoms with Gasteiger partial charge in [0.15, 0.2) is 0 Å². The minimum Gasteiger partial charge on any atom is -0.494 e. The molecule has 3 aliphatic rings. The van der Waals surface area contributed by atoms with Gasteiger partial charge in [0.25, 0.3) is 0 Å².